The lowest BCUT2D eigenvalue weighted by molar-refractivity contribution is 0.0692. The van der Waals surface area contributed by atoms with Crippen LogP contribution in [0, 0.1) is 0 Å². The Balaban J connectivity index is 2.30. The van der Waals surface area contributed by atoms with Gasteiger partial charge in [0.25, 0.3) is 0 Å². The molecule has 110 valence electrons. The highest BCUT2D eigenvalue weighted by Gasteiger charge is 2.30. The first-order valence-corrected chi connectivity index (χ1v) is 7.95. The summed E-state index contributed by atoms with van der Waals surface area (Å²) in [6.07, 6.45) is 0. The molecule has 0 aliphatic carbocycles. The number of aromatic carboxylic acids is 1. The molecule has 0 aromatic heterocycles. The van der Waals surface area contributed by atoms with Gasteiger partial charge in [0.05, 0.1) is 10.5 Å². The number of hydrogen-bond donors (Lipinski definition) is 1. The molecule has 20 heavy (non-hydrogen) atoms. The largest absolute Gasteiger partial charge is 0.478 e. The molecule has 1 aliphatic rings. The van der Waals surface area contributed by atoms with Crippen molar-refractivity contribution in [1.82, 2.24) is 9.21 Å². The Labute approximate surface area is 118 Å². The molecule has 0 radical (unpaired) electrons. The third-order valence-electron chi connectivity index (χ3n) is 3.51. The molecule has 1 aromatic carbocycles. The predicted molar refractivity (Wildman–Crippen MR) is 74.3 cm³/mol. The fourth-order valence-electron chi connectivity index (χ4n) is 2.29. The number of nitrogens with zero attached hydrogens (tertiary/aromatic N) is 2. The van der Waals surface area contributed by atoms with Crippen molar-refractivity contribution in [1.29, 1.82) is 0 Å². The van der Waals surface area contributed by atoms with Gasteiger partial charge in [-0.3, -0.25) is 0 Å². The minimum absolute atomic E-state index is 0.127. The average molecular weight is 298 g/mol. The summed E-state index contributed by atoms with van der Waals surface area (Å²) in [6.45, 7) is 5.05. The van der Waals surface area contributed by atoms with Crippen LogP contribution in [0.5, 0.6) is 0 Å². The third kappa shape index (κ3) is 2.84. The number of carboxylic acids is 1. The second-order valence-corrected chi connectivity index (χ2v) is 6.55. The molecular formula is C13H18N2O4S. The molecule has 1 heterocycles. The first-order chi connectivity index (χ1) is 9.46. The van der Waals surface area contributed by atoms with Crippen LogP contribution in [0.2, 0.25) is 0 Å². The van der Waals surface area contributed by atoms with Crippen LogP contribution >= 0.6 is 0 Å². The molecule has 0 saturated carbocycles. The van der Waals surface area contributed by atoms with Gasteiger partial charge in [-0.25, -0.2) is 13.2 Å². The Hall–Kier alpha value is -1.44. The Morgan fingerprint density at radius 3 is 2.35 bits per heavy atom. The smallest absolute Gasteiger partial charge is 0.337 e. The van der Waals surface area contributed by atoms with Crippen molar-refractivity contribution < 1.29 is 18.3 Å². The fourth-order valence-corrected chi connectivity index (χ4v) is 3.90. The van der Waals surface area contributed by atoms with E-state index in [0.29, 0.717) is 26.2 Å². The highest BCUT2D eigenvalue weighted by molar-refractivity contribution is 7.89. The summed E-state index contributed by atoms with van der Waals surface area (Å²) in [7, 11) is -3.74. The van der Waals surface area contributed by atoms with Crippen molar-refractivity contribution in [3.05, 3.63) is 29.8 Å². The number of hydrogen-bond acceptors (Lipinski definition) is 4. The van der Waals surface area contributed by atoms with Crippen molar-refractivity contribution in [2.24, 2.45) is 0 Å². The van der Waals surface area contributed by atoms with E-state index in [1.54, 1.807) is 6.07 Å². The molecule has 1 N–H and O–H groups in total. The molecule has 1 aliphatic heterocycles. The van der Waals surface area contributed by atoms with Crippen molar-refractivity contribution >= 4 is 16.0 Å². The van der Waals surface area contributed by atoms with Gasteiger partial charge in [0.15, 0.2) is 0 Å². The highest BCUT2D eigenvalue weighted by atomic mass is 32.2. The second-order valence-electron chi connectivity index (χ2n) is 4.64. The van der Waals surface area contributed by atoms with Gasteiger partial charge in [-0.15, -0.1) is 0 Å². The standard InChI is InChI=1S/C13H18N2O4S/c1-2-14-7-9-15(10-8-14)20(18,19)12-6-4-3-5-11(12)13(16)17/h3-6H,2,7-10H2,1H3,(H,16,17). The molecule has 6 nitrogen and oxygen atoms in total. The Kier molecular flexibility index (Phi) is 4.42. The third-order valence-corrected chi connectivity index (χ3v) is 5.47. The molecule has 0 amide bonds. The van der Waals surface area contributed by atoms with Gasteiger partial charge in [-0.05, 0) is 18.7 Å². The van der Waals surface area contributed by atoms with Gasteiger partial charge >= 0.3 is 5.97 Å². The number of rotatable bonds is 4. The van der Waals surface area contributed by atoms with Gasteiger partial charge in [-0.2, -0.15) is 4.31 Å². The summed E-state index contributed by atoms with van der Waals surface area (Å²) in [5.74, 6) is -1.23. The Bertz CT molecular complexity index is 592. The van der Waals surface area contributed by atoms with Gasteiger partial charge in [0, 0.05) is 26.2 Å². The number of sulfonamides is 1. The molecule has 7 heteroatoms. The summed E-state index contributed by atoms with van der Waals surface area (Å²) in [5, 5.41) is 9.12. The van der Waals surface area contributed by atoms with E-state index in [4.69, 9.17) is 5.11 Å². The normalized spacial score (nSPS) is 18.1. The van der Waals surface area contributed by atoms with Crippen molar-refractivity contribution in [2.45, 2.75) is 11.8 Å². The zero-order valence-electron chi connectivity index (χ0n) is 11.3. The summed E-state index contributed by atoms with van der Waals surface area (Å²) >= 11 is 0. The lowest BCUT2D eigenvalue weighted by Crippen LogP contribution is -2.48. The predicted octanol–water partition coefficient (Wildman–Crippen LogP) is 0.711. The van der Waals surface area contributed by atoms with E-state index >= 15 is 0 Å². The average Bonchev–Trinajstić information content (AvgIpc) is 2.47. The fraction of sp³-hybridized carbons (Fsp3) is 0.462. The molecule has 0 bridgehead atoms. The van der Waals surface area contributed by atoms with Crippen LogP contribution < -0.4 is 0 Å². The van der Waals surface area contributed by atoms with E-state index in [1.165, 1.54) is 22.5 Å². The minimum atomic E-state index is -3.74. The van der Waals surface area contributed by atoms with Gasteiger partial charge in [0.1, 0.15) is 0 Å². The number of carbonyl (C=O) groups is 1. The highest BCUT2D eigenvalue weighted by Crippen LogP contribution is 2.21. The van der Waals surface area contributed by atoms with Crippen LogP contribution in [0.4, 0.5) is 0 Å². The van der Waals surface area contributed by atoms with Crippen LogP contribution in [-0.4, -0.2) is 61.4 Å². The topological polar surface area (TPSA) is 77.9 Å². The summed E-state index contributed by atoms with van der Waals surface area (Å²) in [6, 6.07) is 5.74. The lowest BCUT2D eigenvalue weighted by atomic mass is 10.2. The van der Waals surface area contributed by atoms with Crippen LogP contribution in [0.1, 0.15) is 17.3 Å². The first-order valence-electron chi connectivity index (χ1n) is 6.51. The number of piperazine rings is 1. The number of benzene rings is 1. The van der Waals surface area contributed by atoms with E-state index in [0.717, 1.165) is 6.54 Å². The zero-order chi connectivity index (χ0) is 14.8. The lowest BCUT2D eigenvalue weighted by Gasteiger charge is -2.33. The maximum absolute atomic E-state index is 12.6. The quantitative estimate of drug-likeness (QED) is 0.886. The van der Waals surface area contributed by atoms with E-state index in [-0.39, 0.29) is 10.5 Å². The van der Waals surface area contributed by atoms with E-state index in [1.807, 2.05) is 6.92 Å². The molecule has 2 rings (SSSR count). The monoisotopic (exact) mass is 298 g/mol. The Morgan fingerprint density at radius 1 is 1.20 bits per heavy atom. The molecule has 1 aromatic rings. The van der Waals surface area contributed by atoms with Gasteiger partial charge in [-0.1, -0.05) is 19.1 Å². The maximum atomic E-state index is 12.6. The van der Waals surface area contributed by atoms with Crippen LogP contribution in [0.25, 0.3) is 0 Å². The van der Waals surface area contributed by atoms with Crippen molar-refractivity contribution in [2.75, 3.05) is 32.7 Å². The van der Waals surface area contributed by atoms with Gasteiger partial charge in [0.2, 0.25) is 10.0 Å². The van der Waals surface area contributed by atoms with Crippen molar-refractivity contribution in [3.8, 4) is 0 Å². The molecular weight excluding hydrogens is 280 g/mol. The summed E-state index contributed by atoms with van der Waals surface area (Å²) in [4.78, 5) is 13.2. The molecule has 0 spiro atoms. The van der Waals surface area contributed by atoms with Gasteiger partial charge < -0.3 is 10.0 Å². The van der Waals surface area contributed by atoms with Crippen LogP contribution in [0.15, 0.2) is 29.2 Å². The minimum Gasteiger partial charge on any atom is -0.478 e. The molecule has 1 fully saturated rings. The first kappa shape index (κ1) is 15.0. The summed E-state index contributed by atoms with van der Waals surface area (Å²) in [5.41, 5.74) is -0.176. The van der Waals surface area contributed by atoms with Crippen LogP contribution in [-0.2, 0) is 10.0 Å². The zero-order valence-corrected chi connectivity index (χ0v) is 12.1. The number of likely N-dealkylation sites (N-methyl/N-ethyl adjacent to an activating group) is 1. The molecule has 0 unspecified atom stereocenters. The van der Waals surface area contributed by atoms with Crippen LogP contribution in [0.3, 0.4) is 0 Å². The van der Waals surface area contributed by atoms with E-state index < -0.39 is 16.0 Å². The number of carboxylic acid groups (broad SMARTS) is 1. The van der Waals surface area contributed by atoms with E-state index in [2.05, 4.69) is 4.90 Å². The molecule has 0 atom stereocenters. The van der Waals surface area contributed by atoms with Crippen molar-refractivity contribution in [3.63, 3.8) is 0 Å². The summed E-state index contributed by atoms with van der Waals surface area (Å²) < 4.78 is 26.5. The maximum Gasteiger partial charge on any atom is 0.337 e. The Morgan fingerprint density at radius 2 is 1.80 bits per heavy atom. The SMILES string of the molecule is CCN1CCN(S(=O)(=O)c2ccccc2C(=O)O)CC1. The second kappa shape index (κ2) is 5.90. The molecule has 1 saturated heterocycles. The van der Waals surface area contributed by atoms with E-state index in [9.17, 15) is 13.2 Å².